The lowest BCUT2D eigenvalue weighted by Gasteiger charge is -2.28. The Labute approximate surface area is 139 Å². The molecule has 1 aromatic carbocycles. The Balaban J connectivity index is 1.93. The van der Waals surface area contributed by atoms with Crippen molar-refractivity contribution in [3.05, 3.63) is 52.3 Å². The van der Waals surface area contributed by atoms with Crippen molar-refractivity contribution in [2.24, 2.45) is 0 Å². The fourth-order valence-corrected chi connectivity index (χ4v) is 3.17. The quantitative estimate of drug-likeness (QED) is 0.770. The number of sulfone groups is 1. The summed E-state index contributed by atoms with van der Waals surface area (Å²) < 4.78 is 23.1. The Bertz CT molecular complexity index is 883. The second-order valence-corrected chi connectivity index (χ2v) is 7.68. The first kappa shape index (κ1) is 15.9. The highest BCUT2D eigenvalue weighted by molar-refractivity contribution is 7.90. The molecule has 0 atom stereocenters. The molecule has 8 heteroatoms. The summed E-state index contributed by atoms with van der Waals surface area (Å²) >= 11 is 5.99. The third-order valence-corrected chi connectivity index (χ3v) is 4.81. The van der Waals surface area contributed by atoms with Crippen LogP contribution < -0.4 is 0 Å². The molecular formula is C15H14ClN3O3S. The topological polar surface area (TPSA) is 80.2 Å². The Kier molecular flexibility index (Phi) is 4.08. The number of rotatable bonds is 2. The van der Waals surface area contributed by atoms with E-state index in [0.717, 1.165) is 24.4 Å². The molecule has 0 saturated carbocycles. The standard InChI is InChI=1S/C15H14ClN3O3S/c1-23(21,22)15-17-8-12(16)13(18-15)14(20)19-7-6-10-4-2-3-5-11(10)9-19/h2-5,8H,6-7,9H2,1H3. The minimum atomic E-state index is -3.61. The number of carbonyl (C=O) groups is 1. The van der Waals surface area contributed by atoms with Crippen molar-refractivity contribution in [3.8, 4) is 0 Å². The summed E-state index contributed by atoms with van der Waals surface area (Å²) in [4.78, 5) is 21.8. The molecule has 0 bridgehead atoms. The number of halogens is 1. The number of hydrogen-bond donors (Lipinski definition) is 0. The van der Waals surface area contributed by atoms with Crippen molar-refractivity contribution in [1.29, 1.82) is 0 Å². The fourth-order valence-electron chi connectivity index (χ4n) is 2.50. The van der Waals surface area contributed by atoms with Gasteiger partial charge in [-0.3, -0.25) is 4.79 Å². The molecule has 0 unspecified atom stereocenters. The van der Waals surface area contributed by atoms with Crippen LogP contribution in [0.25, 0.3) is 0 Å². The van der Waals surface area contributed by atoms with Crippen LogP contribution in [0.5, 0.6) is 0 Å². The van der Waals surface area contributed by atoms with Crippen LogP contribution in [-0.4, -0.2) is 42.0 Å². The van der Waals surface area contributed by atoms with Crippen LogP contribution in [0.1, 0.15) is 21.6 Å². The van der Waals surface area contributed by atoms with E-state index in [1.165, 1.54) is 5.56 Å². The first-order valence-corrected chi connectivity index (χ1v) is 9.22. The van der Waals surface area contributed by atoms with E-state index in [0.29, 0.717) is 13.1 Å². The molecule has 2 aromatic rings. The summed E-state index contributed by atoms with van der Waals surface area (Å²) in [7, 11) is -3.61. The maximum atomic E-state index is 12.7. The van der Waals surface area contributed by atoms with Crippen molar-refractivity contribution in [3.63, 3.8) is 0 Å². The summed E-state index contributed by atoms with van der Waals surface area (Å²) in [6.45, 7) is 0.980. The largest absolute Gasteiger partial charge is 0.333 e. The average molecular weight is 352 g/mol. The maximum Gasteiger partial charge on any atom is 0.274 e. The Morgan fingerprint density at radius 2 is 1.96 bits per heavy atom. The third-order valence-electron chi connectivity index (χ3n) is 3.67. The lowest BCUT2D eigenvalue weighted by molar-refractivity contribution is 0.0728. The molecule has 1 aromatic heterocycles. The van der Waals surface area contributed by atoms with Gasteiger partial charge in [0.05, 0.1) is 11.2 Å². The first-order valence-electron chi connectivity index (χ1n) is 6.95. The summed E-state index contributed by atoms with van der Waals surface area (Å²) in [5, 5.41) is -0.357. The third kappa shape index (κ3) is 3.20. The Morgan fingerprint density at radius 1 is 1.26 bits per heavy atom. The van der Waals surface area contributed by atoms with Crippen LogP contribution in [0.2, 0.25) is 5.02 Å². The molecule has 6 nitrogen and oxygen atoms in total. The molecule has 1 amide bonds. The van der Waals surface area contributed by atoms with E-state index >= 15 is 0 Å². The molecule has 0 fully saturated rings. The lowest BCUT2D eigenvalue weighted by atomic mass is 10.00. The second-order valence-electron chi connectivity index (χ2n) is 5.37. The zero-order chi connectivity index (χ0) is 16.6. The number of aromatic nitrogens is 2. The van der Waals surface area contributed by atoms with Gasteiger partial charge in [0.15, 0.2) is 5.69 Å². The van der Waals surface area contributed by atoms with Crippen LogP contribution in [0.15, 0.2) is 35.6 Å². The van der Waals surface area contributed by atoms with Gasteiger partial charge in [0.1, 0.15) is 0 Å². The van der Waals surface area contributed by atoms with Gasteiger partial charge < -0.3 is 4.90 Å². The highest BCUT2D eigenvalue weighted by Gasteiger charge is 2.26. The van der Waals surface area contributed by atoms with Crippen LogP contribution >= 0.6 is 11.6 Å². The first-order chi connectivity index (χ1) is 10.9. The number of carbonyl (C=O) groups excluding carboxylic acids is 1. The normalized spacial score (nSPS) is 14.4. The van der Waals surface area contributed by atoms with Crippen molar-refractivity contribution in [2.45, 2.75) is 18.1 Å². The summed E-state index contributed by atoms with van der Waals surface area (Å²) in [6.07, 6.45) is 2.88. The molecular weight excluding hydrogens is 338 g/mol. The number of nitrogens with zero attached hydrogens (tertiary/aromatic N) is 3. The Hall–Kier alpha value is -1.99. The van der Waals surface area contributed by atoms with Crippen LogP contribution in [0.4, 0.5) is 0 Å². The van der Waals surface area contributed by atoms with Crippen LogP contribution in [0.3, 0.4) is 0 Å². The minimum Gasteiger partial charge on any atom is -0.333 e. The highest BCUT2D eigenvalue weighted by atomic mass is 35.5. The molecule has 1 aliphatic rings. The molecule has 0 saturated heterocycles. The second kappa shape index (κ2) is 5.90. The summed E-state index contributed by atoms with van der Waals surface area (Å²) in [5.74, 6) is -0.392. The fraction of sp³-hybridized carbons (Fsp3) is 0.267. The SMILES string of the molecule is CS(=O)(=O)c1ncc(Cl)c(C(=O)N2CCc3ccccc3C2)n1. The molecule has 3 rings (SSSR count). The van der Waals surface area contributed by atoms with Gasteiger partial charge in [0.2, 0.25) is 15.0 Å². The summed E-state index contributed by atoms with van der Waals surface area (Å²) in [5.41, 5.74) is 2.20. The predicted molar refractivity (Wildman–Crippen MR) is 85.0 cm³/mol. The number of fused-ring (bicyclic) bond motifs is 1. The van der Waals surface area contributed by atoms with E-state index in [9.17, 15) is 13.2 Å². The van der Waals surface area contributed by atoms with Crippen molar-refractivity contribution in [1.82, 2.24) is 14.9 Å². The number of amides is 1. The zero-order valence-corrected chi connectivity index (χ0v) is 13.9. The zero-order valence-electron chi connectivity index (χ0n) is 12.4. The predicted octanol–water partition coefficient (Wildman–Crippen LogP) is 1.73. The molecule has 0 radical (unpaired) electrons. The Morgan fingerprint density at radius 3 is 2.65 bits per heavy atom. The number of hydrogen-bond acceptors (Lipinski definition) is 5. The van der Waals surface area contributed by atoms with Gasteiger partial charge in [-0.25, -0.2) is 18.4 Å². The van der Waals surface area contributed by atoms with Gasteiger partial charge in [-0.2, -0.15) is 0 Å². The molecule has 120 valence electrons. The lowest BCUT2D eigenvalue weighted by Crippen LogP contribution is -2.36. The summed E-state index contributed by atoms with van der Waals surface area (Å²) in [6, 6.07) is 7.90. The monoisotopic (exact) mass is 351 g/mol. The van der Waals surface area contributed by atoms with Crippen LogP contribution in [0, 0.1) is 0 Å². The van der Waals surface area contributed by atoms with Gasteiger partial charge >= 0.3 is 0 Å². The molecule has 23 heavy (non-hydrogen) atoms. The van der Waals surface area contributed by atoms with Crippen molar-refractivity contribution in [2.75, 3.05) is 12.8 Å². The molecule has 0 aliphatic carbocycles. The molecule has 0 N–H and O–H groups in total. The number of benzene rings is 1. The van der Waals surface area contributed by atoms with E-state index < -0.39 is 20.9 Å². The highest BCUT2D eigenvalue weighted by Crippen LogP contribution is 2.22. The van der Waals surface area contributed by atoms with E-state index in [2.05, 4.69) is 9.97 Å². The van der Waals surface area contributed by atoms with Crippen molar-refractivity contribution < 1.29 is 13.2 Å². The van der Waals surface area contributed by atoms with Crippen molar-refractivity contribution >= 4 is 27.3 Å². The molecule has 0 spiro atoms. The van der Waals surface area contributed by atoms with E-state index in [1.54, 1.807) is 4.90 Å². The minimum absolute atomic E-state index is 0.0428. The van der Waals surface area contributed by atoms with Gasteiger partial charge in [-0.05, 0) is 17.5 Å². The van der Waals surface area contributed by atoms with Gasteiger partial charge in [0, 0.05) is 19.3 Å². The molecule has 2 heterocycles. The van der Waals surface area contributed by atoms with Gasteiger partial charge in [-0.15, -0.1) is 0 Å². The van der Waals surface area contributed by atoms with Crippen LogP contribution in [-0.2, 0) is 22.8 Å². The average Bonchev–Trinajstić information content (AvgIpc) is 2.53. The maximum absolute atomic E-state index is 12.7. The van der Waals surface area contributed by atoms with E-state index in [1.807, 2.05) is 24.3 Å². The van der Waals surface area contributed by atoms with E-state index in [4.69, 9.17) is 11.6 Å². The van der Waals surface area contributed by atoms with Gasteiger partial charge in [-0.1, -0.05) is 35.9 Å². The van der Waals surface area contributed by atoms with Gasteiger partial charge in [0.25, 0.3) is 5.91 Å². The van der Waals surface area contributed by atoms with E-state index in [-0.39, 0.29) is 10.7 Å². The smallest absolute Gasteiger partial charge is 0.274 e. The molecule has 1 aliphatic heterocycles.